The molecular weight excluding hydrogens is 347 g/mol. The van der Waals surface area contributed by atoms with Crippen LogP contribution in [0.15, 0.2) is 24.3 Å². The highest BCUT2D eigenvalue weighted by molar-refractivity contribution is 7.99. The fraction of sp³-hybridized carbons (Fsp3) is 0.667. The summed E-state index contributed by atoms with van der Waals surface area (Å²) in [4.78, 5) is 15.5. The molecule has 1 aromatic carbocycles. The Morgan fingerprint density at radius 3 is 2.00 bits per heavy atom. The van der Waals surface area contributed by atoms with Crippen LogP contribution in [0.2, 0.25) is 0 Å². The van der Waals surface area contributed by atoms with Crippen molar-refractivity contribution in [3.05, 3.63) is 35.4 Å². The van der Waals surface area contributed by atoms with Gasteiger partial charge in [0, 0.05) is 12.1 Å². The molecule has 0 saturated heterocycles. The van der Waals surface area contributed by atoms with Crippen LogP contribution in [0.5, 0.6) is 0 Å². The van der Waals surface area contributed by atoms with E-state index in [0.29, 0.717) is 12.1 Å². The normalized spacial score (nSPS) is 15.0. The van der Waals surface area contributed by atoms with E-state index >= 15 is 0 Å². The molecule has 0 heterocycles. The summed E-state index contributed by atoms with van der Waals surface area (Å²) < 4.78 is 12.6. The molecular formula is C21H35FN2OS. The molecule has 1 amide bonds. The van der Waals surface area contributed by atoms with Gasteiger partial charge in [0.15, 0.2) is 0 Å². The second kappa shape index (κ2) is 9.23. The lowest BCUT2D eigenvalue weighted by molar-refractivity contribution is -0.134. The lowest BCUT2D eigenvalue weighted by Crippen LogP contribution is -2.61. The molecule has 1 N–H and O–H groups in total. The zero-order valence-corrected chi connectivity index (χ0v) is 18.3. The molecule has 0 aliphatic carbocycles. The van der Waals surface area contributed by atoms with E-state index in [4.69, 9.17) is 0 Å². The highest BCUT2D eigenvalue weighted by Crippen LogP contribution is 2.34. The average molecular weight is 383 g/mol. The third-order valence-electron chi connectivity index (χ3n) is 4.50. The van der Waals surface area contributed by atoms with Gasteiger partial charge in [-0.2, -0.15) is 0 Å². The first-order valence-electron chi connectivity index (χ1n) is 9.14. The number of rotatable bonds is 7. The van der Waals surface area contributed by atoms with Crippen LogP contribution in [0.3, 0.4) is 0 Å². The number of nitrogens with one attached hydrogen (secondary N) is 1. The molecule has 0 bridgehead atoms. The fourth-order valence-electron chi connectivity index (χ4n) is 3.23. The van der Waals surface area contributed by atoms with E-state index in [9.17, 15) is 9.18 Å². The van der Waals surface area contributed by atoms with Crippen LogP contribution in [0.1, 0.15) is 59.6 Å². The van der Waals surface area contributed by atoms with Crippen molar-refractivity contribution in [3.63, 3.8) is 0 Å². The molecule has 0 saturated carbocycles. The summed E-state index contributed by atoms with van der Waals surface area (Å²) in [5.41, 5.74) is 1.28. The number of carbonyl (C=O) groups is 1. The highest BCUT2D eigenvalue weighted by atomic mass is 32.2. The smallest absolute Gasteiger partial charge is 0.238 e. The van der Waals surface area contributed by atoms with E-state index in [-0.39, 0.29) is 28.3 Å². The molecule has 1 aromatic rings. The Labute approximate surface area is 163 Å². The van der Waals surface area contributed by atoms with Gasteiger partial charge in [-0.25, -0.2) is 4.39 Å². The number of thioether (sulfide) groups is 1. The Kier molecular flexibility index (Phi) is 8.15. The molecule has 5 heteroatoms. The van der Waals surface area contributed by atoms with E-state index < -0.39 is 6.67 Å². The lowest BCUT2D eigenvalue weighted by Gasteiger charge is -2.48. The molecule has 1 unspecified atom stereocenters. The summed E-state index contributed by atoms with van der Waals surface area (Å²) in [5, 5.41) is 3.31. The van der Waals surface area contributed by atoms with Crippen LogP contribution in [-0.2, 0) is 18.0 Å². The third-order valence-corrected chi connectivity index (χ3v) is 5.41. The average Bonchev–Trinajstić information content (AvgIpc) is 2.55. The molecule has 0 aromatic heterocycles. The Balaban J connectivity index is 3.01. The predicted molar refractivity (Wildman–Crippen MR) is 111 cm³/mol. The van der Waals surface area contributed by atoms with Crippen LogP contribution in [0.4, 0.5) is 4.39 Å². The topological polar surface area (TPSA) is 32.3 Å². The third kappa shape index (κ3) is 6.27. The summed E-state index contributed by atoms with van der Waals surface area (Å²) in [7, 11) is 0. The quantitative estimate of drug-likeness (QED) is 0.674. The maximum absolute atomic E-state index is 13.2. The second-order valence-corrected chi connectivity index (χ2v) is 10.0. The van der Waals surface area contributed by atoms with Crippen molar-refractivity contribution < 1.29 is 9.18 Å². The first-order chi connectivity index (χ1) is 11.9. The van der Waals surface area contributed by atoms with Crippen molar-refractivity contribution in [1.82, 2.24) is 10.2 Å². The van der Waals surface area contributed by atoms with Crippen LogP contribution in [0, 0.1) is 5.41 Å². The molecule has 0 aliphatic rings. The molecule has 3 nitrogen and oxygen atoms in total. The number of hydrogen-bond donors (Lipinski definition) is 1. The first-order valence-corrected chi connectivity index (χ1v) is 10.4. The van der Waals surface area contributed by atoms with Gasteiger partial charge in [-0.15, -0.1) is 11.8 Å². The predicted octanol–water partition coefficient (Wildman–Crippen LogP) is 5.00. The van der Waals surface area contributed by atoms with Crippen LogP contribution < -0.4 is 5.32 Å². The zero-order chi connectivity index (χ0) is 20.1. The molecule has 0 aliphatic heterocycles. The minimum Gasteiger partial charge on any atom is -0.351 e. The molecule has 2 atom stereocenters. The van der Waals surface area contributed by atoms with Crippen LogP contribution in [-0.4, -0.2) is 34.0 Å². The Morgan fingerprint density at radius 1 is 1.12 bits per heavy atom. The number of carbonyl (C=O) groups excluding carboxylic acids is 1. The van der Waals surface area contributed by atoms with Gasteiger partial charge in [0.2, 0.25) is 5.91 Å². The number of benzene rings is 1. The van der Waals surface area contributed by atoms with Gasteiger partial charge >= 0.3 is 0 Å². The van der Waals surface area contributed by atoms with Crippen molar-refractivity contribution in [3.8, 4) is 0 Å². The van der Waals surface area contributed by atoms with Gasteiger partial charge in [0.05, 0.1) is 11.4 Å². The monoisotopic (exact) mass is 382 g/mol. The highest BCUT2D eigenvalue weighted by Gasteiger charge is 2.43. The van der Waals surface area contributed by atoms with Crippen molar-refractivity contribution >= 4 is 17.7 Å². The lowest BCUT2D eigenvalue weighted by atomic mass is 9.82. The van der Waals surface area contributed by atoms with Crippen molar-refractivity contribution in [2.45, 2.75) is 78.6 Å². The van der Waals surface area contributed by atoms with Gasteiger partial charge in [-0.05, 0) is 50.5 Å². The maximum atomic E-state index is 13.2. The Morgan fingerprint density at radius 2 is 1.62 bits per heavy atom. The van der Waals surface area contributed by atoms with E-state index in [0.717, 1.165) is 5.56 Å². The van der Waals surface area contributed by atoms with Crippen molar-refractivity contribution in [2.24, 2.45) is 5.41 Å². The summed E-state index contributed by atoms with van der Waals surface area (Å²) in [6.45, 7) is 14.9. The Bertz CT molecular complexity index is 575. The summed E-state index contributed by atoms with van der Waals surface area (Å²) >= 11 is 1.75. The van der Waals surface area contributed by atoms with E-state index in [1.54, 1.807) is 23.9 Å². The van der Waals surface area contributed by atoms with E-state index in [1.165, 1.54) is 0 Å². The van der Waals surface area contributed by atoms with Crippen LogP contribution in [0.25, 0.3) is 0 Å². The van der Waals surface area contributed by atoms with E-state index in [1.807, 2.05) is 12.1 Å². The molecule has 26 heavy (non-hydrogen) atoms. The van der Waals surface area contributed by atoms with Gasteiger partial charge in [0.25, 0.3) is 0 Å². The van der Waals surface area contributed by atoms with Crippen LogP contribution >= 0.6 is 11.8 Å². The molecule has 1 rings (SSSR count). The number of halogens is 1. The maximum Gasteiger partial charge on any atom is 0.238 e. The second-order valence-electron chi connectivity index (χ2n) is 8.85. The minimum atomic E-state index is -0.466. The largest absolute Gasteiger partial charge is 0.351 e. The summed E-state index contributed by atoms with van der Waals surface area (Å²) in [6, 6.07) is 7.01. The van der Waals surface area contributed by atoms with Crippen molar-refractivity contribution in [1.29, 1.82) is 0 Å². The summed E-state index contributed by atoms with van der Waals surface area (Å²) in [5.74, 6) is 0.0305. The number of amides is 1. The van der Waals surface area contributed by atoms with E-state index in [2.05, 4.69) is 64.9 Å². The number of hydrogen-bond acceptors (Lipinski definition) is 3. The molecule has 0 spiro atoms. The first kappa shape index (κ1) is 23.0. The summed E-state index contributed by atoms with van der Waals surface area (Å²) in [6.07, 6.45) is 2.08. The molecule has 0 radical (unpaired) electrons. The van der Waals surface area contributed by atoms with Gasteiger partial charge in [-0.3, -0.25) is 9.69 Å². The zero-order valence-electron chi connectivity index (χ0n) is 17.5. The molecule has 148 valence electrons. The number of alkyl halides is 1. The standard InChI is InChI=1S/C21H35FN2OS/c1-15(26-8)24(21(5,6)7)18(20(2,3)4)19(25)23-14-17-11-9-16(13-22)10-12-17/h9-12,15,18H,13-14H2,1-8H3,(H,23,25)/t15?,18-/m0/s1. The SMILES string of the molecule is CSC(C)N([C@@H](C(=O)NCc1ccc(CF)cc1)C(C)(C)C)C(C)(C)C. The van der Waals surface area contributed by atoms with Gasteiger partial charge < -0.3 is 5.32 Å². The molecule has 0 fully saturated rings. The van der Waals surface area contributed by atoms with Gasteiger partial charge in [-0.1, -0.05) is 45.0 Å². The Hall–Kier alpha value is -1.07. The number of nitrogens with zero attached hydrogens (tertiary/aromatic N) is 1. The minimum absolute atomic E-state index is 0.0305. The van der Waals surface area contributed by atoms with Gasteiger partial charge in [0.1, 0.15) is 6.67 Å². The fourth-order valence-corrected chi connectivity index (χ4v) is 3.89. The van der Waals surface area contributed by atoms with Crippen molar-refractivity contribution in [2.75, 3.05) is 6.26 Å².